The lowest BCUT2D eigenvalue weighted by Gasteiger charge is -2.49. The normalized spacial score (nSPS) is 36.0. The molecule has 1 heterocycles. The van der Waals surface area contributed by atoms with E-state index in [4.69, 9.17) is 5.73 Å². The Balaban J connectivity index is 2.00. The molecule has 2 aliphatic rings. The molecule has 1 saturated heterocycles. The molecule has 3 nitrogen and oxygen atoms in total. The van der Waals surface area contributed by atoms with Crippen molar-refractivity contribution in [2.24, 2.45) is 5.73 Å². The number of rotatable bonds is 1. The summed E-state index contributed by atoms with van der Waals surface area (Å²) in [6, 6.07) is 1.02. The van der Waals surface area contributed by atoms with E-state index in [2.05, 4.69) is 30.7 Å². The third-order valence-electron chi connectivity index (χ3n) is 5.10. The lowest BCUT2D eigenvalue weighted by molar-refractivity contribution is 0.00587. The van der Waals surface area contributed by atoms with Gasteiger partial charge < -0.3 is 5.73 Å². The smallest absolute Gasteiger partial charge is 0.0277 e. The molecule has 2 atom stereocenters. The molecule has 0 spiro atoms. The maximum Gasteiger partial charge on any atom is 0.0277 e. The molecule has 0 amide bonds. The molecule has 0 aromatic heterocycles. The number of hydrogen-bond acceptors (Lipinski definition) is 3. The van der Waals surface area contributed by atoms with Crippen LogP contribution in [0.2, 0.25) is 0 Å². The van der Waals surface area contributed by atoms with E-state index in [-0.39, 0.29) is 0 Å². The zero-order valence-electron chi connectivity index (χ0n) is 12.5. The molecule has 2 unspecified atom stereocenters. The first-order valence-electron chi connectivity index (χ1n) is 7.71. The van der Waals surface area contributed by atoms with Gasteiger partial charge in [0.1, 0.15) is 0 Å². The topological polar surface area (TPSA) is 32.5 Å². The summed E-state index contributed by atoms with van der Waals surface area (Å²) in [5, 5.41) is 0. The molecule has 2 N–H and O–H groups in total. The first-order chi connectivity index (χ1) is 8.50. The van der Waals surface area contributed by atoms with Gasteiger partial charge in [-0.2, -0.15) is 0 Å². The molecule has 3 heteroatoms. The third-order valence-corrected chi connectivity index (χ3v) is 5.10. The van der Waals surface area contributed by atoms with Crippen LogP contribution in [0.4, 0.5) is 0 Å². The van der Waals surface area contributed by atoms with Gasteiger partial charge in [0.2, 0.25) is 0 Å². The summed E-state index contributed by atoms with van der Waals surface area (Å²) in [5.74, 6) is 0. The molecule has 0 bridgehead atoms. The van der Waals surface area contributed by atoms with Gasteiger partial charge >= 0.3 is 0 Å². The van der Waals surface area contributed by atoms with E-state index in [0.29, 0.717) is 17.6 Å². The van der Waals surface area contributed by atoms with Gasteiger partial charge in [-0.25, -0.2) is 0 Å². The van der Waals surface area contributed by atoms with E-state index in [1.807, 2.05) is 0 Å². The van der Waals surface area contributed by atoms with E-state index in [1.54, 1.807) is 0 Å². The predicted octanol–water partition coefficient (Wildman–Crippen LogP) is 2.06. The van der Waals surface area contributed by atoms with E-state index in [0.717, 1.165) is 0 Å². The summed E-state index contributed by atoms with van der Waals surface area (Å²) in [6.45, 7) is 8.25. The van der Waals surface area contributed by atoms with Crippen molar-refractivity contribution in [2.45, 2.75) is 70.0 Å². The van der Waals surface area contributed by atoms with Gasteiger partial charge in [-0.05, 0) is 33.7 Å². The molecule has 2 rings (SSSR count). The van der Waals surface area contributed by atoms with Crippen LogP contribution in [-0.4, -0.2) is 54.1 Å². The monoisotopic (exact) mass is 253 g/mol. The maximum atomic E-state index is 6.45. The van der Waals surface area contributed by atoms with Crippen molar-refractivity contribution < 1.29 is 0 Å². The zero-order chi connectivity index (χ0) is 13.2. The van der Waals surface area contributed by atoms with Crippen molar-refractivity contribution in [3.05, 3.63) is 0 Å². The summed E-state index contributed by atoms with van der Waals surface area (Å²) in [5.41, 5.74) is 6.74. The number of hydrogen-bond donors (Lipinski definition) is 1. The Bertz CT molecular complexity index is 264. The molecule has 1 saturated carbocycles. The fourth-order valence-electron chi connectivity index (χ4n) is 3.51. The molecule has 1 aliphatic heterocycles. The minimum Gasteiger partial charge on any atom is -0.326 e. The van der Waals surface area contributed by atoms with Gasteiger partial charge in [0.05, 0.1) is 0 Å². The largest absolute Gasteiger partial charge is 0.326 e. The van der Waals surface area contributed by atoms with E-state index < -0.39 is 0 Å². The van der Waals surface area contributed by atoms with Crippen LogP contribution in [0.25, 0.3) is 0 Å². The maximum absolute atomic E-state index is 6.45. The summed E-state index contributed by atoms with van der Waals surface area (Å²) < 4.78 is 0. The Morgan fingerprint density at radius 3 is 2.33 bits per heavy atom. The number of likely N-dealkylation sites (N-methyl/N-ethyl adjacent to an activating group) is 1. The highest BCUT2D eigenvalue weighted by Gasteiger charge is 2.35. The van der Waals surface area contributed by atoms with E-state index in [1.165, 1.54) is 58.2 Å². The summed E-state index contributed by atoms with van der Waals surface area (Å²) in [7, 11) is 2.25. The Morgan fingerprint density at radius 1 is 1.00 bits per heavy atom. The number of nitrogens with two attached hydrogens (primary N) is 1. The van der Waals surface area contributed by atoms with E-state index in [9.17, 15) is 0 Å². The summed E-state index contributed by atoms with van der Waals surface area (Å²) in [6.07, 6.45) is 8.01. The van der Waals surface area contributed by atoms with E-state index >= 15 is 0 Å². The average molecular weight is 253 g/mol. The SMILES string of the molecule is CN1CCN(C2CCCCCCC2N)CC1(C)C. The highest BCUT2D eigenvalue weighted by molar-refractivity contribution is 4.93. The van der Waals surface area contributed by atoms with Gasteiger partial charge in [0.25, 0.3) is 0 Å². The van der Waals surface area contributed by atoms with Crippen molar-refractivity contribution in [1.29, 1.82) is 0 Å². The second-order valence-corrected chi connectivity index (χ2v) is 6.93. The molecule has 1 aliphatic carbocycles. The Kier molecular flexibility index (Phi) is 4.68. The van der Waals surface area contributed by atoms with Gasteiger partial charge in [0, 0.05) is 37.3 Å². The molecule has 0 aromatic carbocycles. The highest BCUT2D eigenvalue weighted by atomic mass is 15.3. The molecule has 106 valence electrons. The fraction of sp³-hybridized carbons (Fsp3) is 1.00. The van der Waals surface area contributed by atoms with Crippen molar-refractivity contribution in [3.8, 4) is 0 Å². The first-order valence-corrected chi connectivity index (χ1v) is 7.71. The zero-order valence-corrected chi connectivity index (χ0v) is 12.5. The van der Waals surface area contributed by atoms with Crippen LogP contribution in [0.1, 0.15) is 52.4 Å². The van der Waals surface area contributed by atoms with Gasteiger partial charge in [-0.1, -0.05) is 25.7 Å². The molecular weight excluding hydrogens is 222 g/mol. The number of piperazine rings is 1. The highest BCUT2D eigenvalue weighted by Crippen LogP contribution is 2.26. The summed E-state index contributed by atoms with van der Waals surface area (Å²) in [4.78, 5) is 5.16. The Hall–Kier alpha value is -0.120. The average Bonchev–Trinajstić information content (AvgIpc) is 2.28. The second kappa shape index (κ2) is 5.89. The third kappa shape index (κ3) is 3.25. The van der Waals surface area contributed by atoms with Crippen LogP contribution in [-0.2, 0) is 0 Å². The quantitative estimate of drug-likeness (QED) is 0.776. The molecular formula is C15H31N3. The van der Waals surface area contributed by atoms with Crippen LogP contribution in [0.3, 0.4) is 0 Å². The molecule has 2 fully saturated rings. The first kappa shape index (κ1) is 14.3. The minimum atomic E-state index is 0.292. The molecule has 0 aromatic rings. The molecule has 18 heavy (non-hydrogen) atoms. The standard InChI is InChI=1S/C15H31N3/c1-15(2)12-18(11-10-17(15)3)14-9-7-5-4-6-8-13(14)16/h13-14H,4-12,16H2,1-3H3. The van der Waals surface area contributed by atoms with Crippen LogP contribution < -0.4 is 5.73 Å². The van der Waals surface area contributed by atoms with Gasteiger partial charge in [-0.3, -0.25) is 9.80 Å². The Morgan fingerprint density at radius 2 is 1.67 bits per heavy atom. The van der Waals surface area contributed by atoms with Crippen LogP contribution in [0, 0.1) is 0 Å². The van der Waals surface area contributed by atoms with Crippen molar-refractivity contribution in [1.82, 2.24) is 9.80 Å². The minimum absolute atomic E-state index is 0.292. The summed E-state index contributed by atoms with van der Waals surface area (Å²) >= 11 is 0. The van der Waals surface area contributed by atoms with Crippen LogP contribution in [0.5, 0.6) is 0 Å². The van der Waals surface area contributed by atoms with Gasteiger partial charge in [-0.15, -0.1) is 0 Å². The number of nitrogens with zero attached hydrogens (tertiary/aromatic N) is 2. The lowest BCUT2D eigenvalue weighted by Crippen LogP contribution is -2.62. The van der Waals surface area contributed by atoms with Crippen LogP contribution in [0.15, 0.2) is 0 Å². The van der Waals surface area contributed by atoms with Crippen molar-refractivity contribution >= 4 is 0 Å². The lowest BCUT2D eigenvalue weighted by atomic mass is 9.89. The van der Waals surface area contributed by atoms with Crippen molar-refractivity contribution in [3.63, 3.8) is 0 Å². The Labute approximate surface area is 113 Å². The van der Waals surface area contributed by atoms with Crippen molar-refractivity contribution in [2.75, 3.05) is 26.7 Å². The predicted molar refractivity (Wildman–Crippen MR) is 77.7 cm³/mol. The molecule has 0 radical (unpaired) electrons. The van der Waals surface area contributed by atoms with Gasteiger partial charge in [0.15, 0.2) is 0 Å². The fourth-order valence-corrected chi connectivity index (χ4v) is 3.51. The second-order valence-electron chi connectivity index (χ2n) is 6.93. The van der Waals surface area contributed by atoms with Crippen LogP contribution >= 0.6 is 0 Å².